The molecule has 1 aromatic rings. The number of nitrogens with zero attached hydrogens (tertiary/aromatic N) is 1. The second-order valence-electron chi connectivity index (χ2n) is 5.49. The molecule has 2 aliphatic heterocycles. The van der Waals surface area contributed by atoms with Crippen molar-refractivity contribution in [2.75, 3.05) is 0 Å². The van der Waals surface area contributed by atoms with Gasteiger partial charge in [0.15, 0.2) is 4.90 Å². The minimum Gasteiger partial charge on any atom is -0.207 e. The summed E-state index contributed by atoms with van der Waals surface area (Å²) in [6.07, 6.45) is 2.17. The molecular formula is C13H13ClF3NO2S. The van der Waals surface area contributed by atoms with Gasteiger partial charge in [-0.1, -0.05) is 0 Å². The van der Waals surface area contributed by atoms with Gasteiger partial charge in [0.05, 0.1) is 0 Å². The molecule has 116 valence electrons. The normalized spacial score (nSPS) is 29.8. The molecule has 0 radical (unpaired) electrons. The summed E-state index contributed by atoms with van der Waals surface area (Å²) < 4.78 is 66.9. The number of halogens is 4. The highest BCUT2D eigenvalue weighted by Gasteiger charge is 2.48. The maximum absolute atomic E-state index is 13.8. The fraction of sp³-hybridized carbons (Fsp3) is 0.538. The van der Waals surface area contributed by atoms with Crippen molar-refractivity contribution in [1.82, 2.24) is 4.31 Å². The van der Waals surface area contributed by atoms with E-state index in [9.17, 15) is 21.6 Å². The van der Waals surface area contributed by atoms with Crippen molar-refractivity contribution in [1.29, 1.82) is 0 Å². The van der Waals surface area contributed by atoms with Crippen LogP contribution in [0.5, 0.6) is 0 Å². The Hall–Kier alpha value is -0.790. The van der Waals surface area contributed by atoms with E-state index in [1.54, 1.807) is 0 Å². The van der Waals surface area contributed by atoms with Gasteiger partial charge in [-0.2, -0.15) is 4.31 Å². The van der Waals surface area contributed by atoms with Crippen LogP contribution >= 0.6 is 11.6 Å². The summed E-state index contributed by atoms with van der Waals surface area (Å²) in [5.74, 6) is -3.95. The molecule has 2 saturated heterocycles. The molecule has 8 heteroatoms. The maximum Gasteiger partial charge on any atom is 0.249 e. The van der Waals surface area contributed by atoms with Crippen molar-refractivity contribution >= 4 is 21.6 Å². The highest BCUT2D eigenvalue weighted by molar-refractivity contribution is 7.89. The van der Waals surface area contributed by atoms with Gasteiger partial charge in [-0.25, -0.2) is 21.6 Å². The topological polar surface area (TPSA) is 37.4 Å². The number of sulfonamides is 1. The number of hydrogen-bond donors (Lipinski definition) is 0. The molecule has 0 amide bonds. The molecule has 2 bridgehead atoms. The fourth-order valence-electron chi connectivity index (χ4n) is 3.34. The number of benzene rings is 1. The lowest BCUT2D eigenvalue weighted by Crippen LogP contribution is -2.47. The van der Waals surface area contributed by atoms with Crippen LogP contribution in [0.15, 0.2) is 17.0 Å². The molecule has 3 rings (SSSR count). The first-order chi connectivity index (χ1) is 9.80. The standard InChI is InChI=1S/C13H13ClF3NO2S/c14-7-3-9-1-2-10(4-7)18(9)21(19,20)13-11(16)5-8(15)6-12(13)17/h5-7,9-10H,1-4H2. The summed E-state index contributed by atoms with van der Waals surface area (Å²) in [6.45, 7) is 0. The van der Waals surface area contributed by atoms with Gasteiger partial charge >= 0.3 is 0 Å². The zero-order valence-corrected chi connectivity index (χ0v) is 12.5. The molecule has 0 saturated carbocycles. The molecule has 2 aliphatic rings. The first kappa shape index (κ1) is 15.1. The third kappa shape index (κ3) is 2.45. The van der Waals surface area contributed by atoms with Crippen LogP contribution in [-0.2, 0) is 10.0 Å². The number of fused-ring (bicyclic) bond motifs is 2. The average molecular weight is 340 g/mol. The molecule has 0 spiro atoms. The van der Waals surface area contributed by atoms with E-state index >= 15 is 0 Å². The van der Waals surface area contributed by atoms with Gasteiger partial charge in [0, 0.05) is 29.6 Å². The van der Waals surface area contributed by atoms with Crippen LogP contribution in [0.2, 0.25) is 0 Å². The largest absolute Gasteiger partial charge is 0.249 e. The predicted octanol–water partition coefficient (Wildman–Crippen LogP) is 3.03. The Labute approximate surface area is 125 Å². The molecule has 2 unspecified atom stereocenters. The van der Waals surface area contributed by atoms with Crippen LogP contribution in [0, 0.1) is 17.5 Å². The summed E-state index contributed by atoms with van der Waals surface area (Å²) >= 11 is 6.07. The van der Waals surface area contributed by atoms with Crippen molar-refractivity contribution in [3.63, 3.8) is 0 Å². The Morgan fingerprint density at radius 2 is 1.52 bits per heavy atom. The maximum atomic E-state index is 13.8. The van der Waals surface area contributed by atoms with E-state index in [0.717, 1.165) is 4.31 Å². The van der Waals surface area contributed by atoms with Gasteiger partial charge in [-0.3, -0.25) is 0 Å². The minimum absolute atomic E-state index is 0.128. The van der Waals surface area contributed by atoms with Crippen LogP contribution in [0.4, 0.5) is 13.2 Å². The van der Waals surface area contributed by atoms with E-state index in [0.29, 0.717) is 37.8 Å². The van der Waals surface area contributed by atoms with E-state index < -0.39 is 32.4 Å². The molecule has 0 aromatic heterocycles. The Balaban J connectivity index is 2.06. The first-order valence-electron chi connectivity index (χ1n) is 6.63. The monoisotopic (exact) mass is 339 g/mol. The Morgan fingerprint density at radius 1 is 1.05 bits per heavy atom. The summed E-state index contributed by atoms with van der Waals surface area (Å²) in [7, 11) is -4.34. The van der Waals surface area contributed by atoms with Crippen molar-refractivity contribution in [2.24, 2.45) is 0 Å². The SMILES string of the molecule is O=S(=O)(c1c(F)cc(F)cc1F)N1C2CCC1CC(Cl)C2. The van der Waals surface area contributed by atoms with E-state index in [2.05, 4.69) is 0 Å². The van der Waals surface area contributed by atoms with Gasteiger partial charge in [0.2, 0.25) is 10.0 Å². The van der Waals surface area contributed by atoms with E-state index in [4.69, 9.17) is 11.6 Å². The molecule has 2 fully saturated rings. The minimum atomic E-state index is -4.34. The molecular weight excluding hydrogens is 327 g/mol. The lowest BCUT2D eigenvalue weighted by Gasteiger charge is -2.35. The van der Waals surface area contributed by atoms with Gasteiger partial charge in [0.1, 0.15) is 17.5 Å². The van der Waals surface area contributed by atoms with Gasteiger partial charge in [-0.15, -0.1) is 11.6 Å². The van der Waals surface area contributed by atoms with E-state index in [1.165, 1.54) is 0 Å². The number of piperidine rings is 1. The third-order valence-corrected chi connectivity index (χ3v) is 6.52. The highest BCUT2D eigenvalue weighted by atomic mass is 35.5. The van der Waals surface area contributed by atoms with Crippen LogP contribution in [0.1, 0.15) is 25.7 Å². The molecule has 1 aromatic carbocycles. The Morgan fingerprint density at radius 3 is 2.00 bits per heavy atom. The first-order valence-corrected chi connectivity index (χ1v) is 8.50. The Kier molecular flexibility index (Phi) is 3.70. The molecule has 3 nitrogen and oxygen atoms in total. The molecule has 0 aliphatic carbocycles. The van der Waals surface area contributed by atoms with Crippen molar-refractivity contribution in [2.45, 2.75) is 48.0 Å². The second kappa shape index (κ2) is 5.14. The van der Waals surface area contributed by atoms with Crippen LogP contribution < -0.4 is 0 Å². The van der Waals surface area contributed by atoms with Crippen LogP contribution in [0.25, 0.3) is 0 Å². The van der Waals surface area contributed by atoms with Crippen molar-refractivity contribution in [3.05, 3.63) is 29.6 Å². The van der Waals surface area contributed by atoms with Crippen molar-refractivity contribution < 1.29 is 21.6 Å². The third-order valence-electron chi connectivity index (χ3n) is 4.11. The summed E-state index contributed by atoms with van der Waals surface area (Å²) in [5, 5.41) is -0.128. The predicted molar refractivity (Wildman–Crippen MR) is 71.0 cm³/mol. The van der Waals surface area contributed by atoms with Gasteiger partial charge < -0.3 is 0 Å². The molecule has 2 heterocycles. The number of rotatable bonds is 2. The number of alkyl halides is 1. The molecule has 0 N–H and O–H groups in total. The van der Waals surface area contributed by atoms with Gasteiger partial charge in [-0.05, 0) is 25.7 Å². The molecule has 2 atom stereocenters. The Bertz CT molecular complexity index is 645. The number of hydrogen-bond acceptors (Lipinski definition) is 2. The van der Waals surface area contributed by atoms with Crippen LogP contribution in [0.3, 0.4) is 0 Å². The van der Waals surface area contributed by atoms with Crippen molar-refractivity contribution in [3.8, 4) is 0 Å². The second-order valence-corrected chi connectivity index (χ2v) is 7.88. The van der Waals surface area contributed by atoms with Crippen LogP contribution in [-0.4, -0.2) is 30.2 Å². The zero-order valence-electron chi connectivity index (χ0n) is 10.9. The molecule has 21 heavy (non-hydrogen) atoms. The lowest BCUT2D eigenvalue weighted by molar-refractivity contribution is 0.249. The highest BCUT2D eigenvalue weighted by Crippen LogP contribution is 2.42. The smallest absolute Gasteiger partial charge is 0.207 e. The van der Waals surface area contributed by atoms with E-state index in [-0.39, 0.29) is 17.5 Å². The summed E-state index contributed by atoms with van der Waals surface area (Å²) in [4.78, 5) is -1.08. The quantitative estimate of drug-likeness (QED) is 0.777. The fourth-order valence-corrected chi connectivity index (χ4v) is 5.74. The average Bonchev–Trinajstić information content (AvgIpc) is 2.61. The van der Waals surface area contributed by atoms with Gasteiger partial charge in [0.25, 0.3) is 0 Å². The summed E-state index contributed by atoms with van der Waals surface area (Å²) in [6, 6.07) is 0.0680. The summed E-state index contributed by atoms with van der Waals surface area (Å²) in [5.41, 5.74) is 0. The lowest BCUT2D eigenvalue weighted by atomic mass is 10.1. The van der Waals surface area contributed by atoms with E-state index in [1.807, 2.05) is 0 Å². The zero-order chi connectivity index (χ0) is 15.4.